The normalized spacial score (nSPS) is 29.1. The quantitative estimate of drug-likeness (QED) is 0.170. The van der Waals surface area contributed by atoms with Gasteiger partial charge in [-0.15, -0.1) is 0 Å². The van der Waals surface area contributed by atoms with Crippen LogP contribution in [0.3, 0.4) is 0 Å². The summed E-state index contributed by atoms with van der Waals surface area (Å²) >= 11 is 0. The molecule has 6 bridgehead atoms. The molecule has 0 spiro atoms. The lowest BCUT2D eigenvalue weighted by molar-refractivity contribution is -0.168. The summed E-state index contributed by atoms with van der Waals surface area (Å²) in [6.45, 7) is 6.84. The number of nitrogens with one attached hydrogen (secondary N) is 1. The number of rotatable bonds is 6. The molecule has 5 N–H and O–H groups in total. The first-order valence-corrected chi connectivity index (χ1v) is 22.5. The van der Waals surface area contributed by atoms with Gasteiger partial charge in [-0.25, -0.2) is 4.99 Å². The fourth-order valence-electron chi connectivity index (χ4n) is 8.82. The molecule has 292 valence electrons. The number of phenolic OH excluding ortho intramolecular Hbond substituents is 1. The lowest BCUT2D eigenvalue weighted by Crippen LogP contribution is -2.45. The van der Waals surface area contributed by atoms with Gasteiger partial charge in [0.2, 0.25) is 5.91 Å². The van der Waals surface area contributed by atoms with Crippen LogP contribution >= 0.6 is 21.6 Å². The highest BCUT2D eigenvalue weighted by molar-refractivity contribution is 8.76. The number of amides is 1. The third kappa shape index (κ3) is 11.8. The molecule has 1 aromatic carbocycles. The number of aliphatic hydroxyl groups is 1. The lowest BCUT2D eigenvalue weighted by Gasteiger charge is -2.42. The summed E-state index contributed by atoms with van der Waals surface area (Å²) in [5, 5.41) is 26.3. The van der Waals surface area contributed by atoms with Crippen molar-refractivity contribution in [2.45, 2.75) is 160 Å². The van der Waals surface area contributed by atoms with E-state index in [1.54, 1.807) is 10.8 Å². The van der Waals surface area contributed by atoms with Gasteiger partial charge in [-0.1, -0.05) is 54.3 Å². The summed E-state index contributed by atoms with van der Waals surface area (Å²) < 4.78 is 12.5. The van der Waals surface area contributed by atoms with E-state index in [0.717, 1.165) is 94.8 Å². The van der Waals surface area contributed by atoms with Crippen molar-refractivity contribution >= 4 is 39.4 Å². The van der Waals surface area contributed by atoms with Crippen molar-refractivity contribution in [3.63, 3.8) is 0 Å². The first-order valence-electron chi connectivity index (χ1n) is 20.0. The van der Waals surface area contributed by atoms with Crippen LogP contribution in [0.2, 0.25) is 0 Å². The zero-order valence-corrected chi connectivity index (χ0v) is 33.4. The Balaban J connectivity index is 1.43. The smallest absolute Gasteiger partial charge is 0.303 e. The van der Waals surface area contributed by atoms with Gasteiger partial charge in [0.15, 0.2) is 17.5 Å². The van der Waals surface area contributed by atoms with Crippen molar-refractivity contribution in [2.24, 2.45) is 28.5 Å². The Bertz CT molecular complexity index is 1360. The maximum atomic E-state index is 13.8. The topological polar surface area (TPSA) is 147 Å². The van der Waals surface area contributed by atoms with E-state index in [0.29, 0.717) is 67.8 Å². The molecule has 0 unspecified atom stereocenters. The van der Waals surface area contributed by atoms with E-state index >= 15 is 0 Å². The van der Waals surface area contributed by atoms with E-state index in [-0.39, 0.29) is 41.6 Å². The van der Waals surface area contributed by atoms with Gasteiger partial charge in [0, 0.05) is 50.2 Å². The van der Waals surface area contributed by atoms with Crippen LogP contribution < -0.4 is 15.8 Å². The maximum absolute atomic E-state index is 13.8. The maximum Gasteiger partial charge on any atom is 0.303 e. The van der Waals surface area contributed by atoms with Crippen LogP contribution in [0.1, 0.15) is 135 Å². The van der Waals surface area contributed by atoms with Gasteiger partial charge < -0.3 is 35.6 Å². The van der Waals surface area contributed by atoms with E-state index in [1.165, 1.54) is 6.92 Å². The molecule has 0 aromatic heterocycles. The van der Waals surface area contributed by atoms with Crippen LogP contribution in [0.25, 0.3) is 0 Å². The molecule has 1 aromatic rings. The number of esters is 1. The zero-order chi connectivity index (χ0) is 37.1. The molecule has 1 saturated heterocycles. The van der Waals surface area contributed by atoms with E-state index in [2.05, 4.69) is 24.2 Å². The predicted molar refractivity (Wildman–Crippen MR) is 211 cm³/mol. The van der Waals surface area contributed by atoms with Crippen molar-refractivity contribution in [2.75, 3.05) is 18.2 Å². The Hall–Kier alpha value is -2.31. The van der Waals surface area contributed by atoms with E-state index < -0.39 is 11.7 Å². The second-order valence-corrected chi connectivity index (χ2v) is 18.7. The van der Waals surface area contributed by atoms with Gasteiger partial charge in [-0.2, -0.15) is 0 Å². The van der Waals surface area contributed by atoms with Crippen LogP contribution in [-0.4, -0.2) is 75.0 Å². The first-order chi connectivity index (χ1) is 25.0. The molecule has 1 amide bonds. The van der Waals surface area contributed by atoms with Gasteiger partial charge in [-0.3, -0.25) is 9.59 Å². The summed E-state index contributed by atoms with van der Waals surface area (Å²) in [6.07, 6.45) is 14.2. The molecular formula is C40H64N4O6S2. The highest BCUT2D eigenvalue weighted by Crippen LogP contribution is 2.43. The fourth-order valence-corrected chi connectivity index (χ4v) is 10.6. The minimum Gasteiger partial charge on any atom is -0.504 e. The van der Waals surface area contributed by atoms with Gasteiger partial charge in [0.05, 0.1) is 18.1 Å². The van der Waals surface area contributed by atoms with Crippen LogP contribution in [0, 0.1) is 17.8 Å². The Morgan fingerprint density at radius 2 is 1.87 bits per heavy atom. The number of phenols is 1. The van der Waals surface area contributed by atoms with Crippen LogP contribution in [0.5, 0.6) is 11.5 Å². The molecule has 0 radical (unpaired) electrons. The number of ether oxygens (including phenoxy) is 2. The van der Waals surface area contributed by atoms with Crippen LogP contribution in [-0.2, 0) is 27.3 Å². The highest BCUT2D eigenvalue weighted by atomic mass is 33.1. The van der Waals surface area contributed by atoms with Gasteiger partial charge in [0.25, 0.3) is 0 Å². The number of aliphatic hydroxyl groups excluding tert-OH is 1. The van der Waals surface area contributed by atoms with E-state index in [1.807, 2.05) is 27.8 Å². The summed E-state index contributed by atoms with van der Waals surface area (Å²) in [6, 6.07) is 4.00. The Kier molecular flexibility index (Phi) is 15.6. The Morgan fingerprint density at radius 3 is 2.62 bits per heavy atom. The number of nitrogens with zero attached hydrogens (tertiary/aromatic N) is 2. The molecular weight excluding hydrogens is 697 g/mol. The molecule has 3 fully saturated rings. The average molecular weight is 761 g/mol. The number of hydrogen-bond donors (Lipinski definition) is 4. The highest BCUT2D eigenvalue weighted by Gasteiger charge is 2.43. The minimum atomic E-state index is -0.745. The monoisotopic (exact) mass is 760 g/mol. The molecule has 3 heterocycles. The molecule has 3 aliphatic heterocycles. The van der Waals surface area contributed by atoms with Gasteiger partial charge in [0.1, 0.15) is 5.60 Å². The molecule has 2 saturated carbocycles. The Morgan fingerprint density at radius 1 is 1.08 bits per heavy atom. The molecule has 52 heavy (non-hydrogen) atoms. The number of guanidine groups is 1. The molecule has 6 rings (SSSR count). The number of nitrogens with two attached hydrogens (primary N) is 1. The zero-order valence-electron chi connectivity index (χ0n) is 31.8. The lowest BCUT2D eigenvalue weighted by atomic mass is 9.72. The van der Waals surface area contributed by atoms with Gasteiger partial charge in [-0.05, 0) is 113 Å². The van der Waals surface area contributed by atoms with Crippen LogP contribution in [0.4, 0.5) is 0 Å². The van der Waals surface area contributed by atoms with E-state index in [4.69, 9.17) is 15.2 Å². The first kappa shape index (κ1) is 40.9. The number of aliphatic imine (C=N–C) groups is 1. The number of carbonyl (C=O) groups is 2. The number of aromatic hydroxyl groups is 1. The third-order valence-corrected chi connectivity index (χ3v) is 13.9. The molecule has 12 heteroatoms. The van der Waals surface area contributed by atoms with Crippen molar-refractivity contribution in [1.29, 1.82) is 0 Å². The second kappa shape index (κ2) is 19.9. The van der Waals surface area contributed by atoms with E-state index in [9.17, 15) is 19.8 Å². The molecule has 2 aliphatic carbocycles. The van der Waals surface area contributed by atoms with Crippen molar-refractivity contribution in [1.82, 2.24) is 10.2 Å². The van der Waals surface area contributed by atoms with Crippen molar-refractivity contribution in [3.8, 4) is 11.5 Å². The summed E-state index contributed by atoms with van der Waals surface area (Å²) in [5.41, 5.74) is 7.13. The fraction of sp³-hybridized carbons (Fsp3) is 0.775. The summed E-state index contributed by atoms with van der Waals surface area (Å²) in [5.74, 6) is 3.30. The van der Waals surface area contributed by atoms with Crippen molar-refractivity contribution in [3.05, 3.63) is 23.3 Å². The predicted octanol–water partition coefficient (Wildman–Crippen LogP) is 7.47. The number of fused-ring (bicyclic) bond motifs is 14. The van der Waals surface area contributed by atoms with Crippen LogP contribution in [0.15, 0.2) is 17.1 Å². The summed E-state index contributed by atoms with van der Waals surface area (Å²) in [4.78, 5) is 32.7. The Labute approximate surface area is 319 Å². The standard InChI is InChI=1S/C40H64N4O6S2/c1-27(2)12-13-34-31-16-19-42-39(41)43-26-52-51-20-8-4-5-9-30-15-18-40(24-35(30)46,50-28(3)45)17-14-29-21-32(25-44(34)37(47)23-31)38(48)36(22-29)49-33-10-6-7-11-33/h21-22,27,30-31,33-35,46,48H,4-20,23-26H2,1-3H3,(H3,41,42,43)/t30-,31-,34-,35+,40-/m0/s1. The molecule has 10 nitrogen and oxygen atoms in total. The van der Waals surface area contributed by atoms with Crippen molar-refractivity contribution < 1.29 is 29.3 Å². The number of aryl methyl sites for hydroxylation is 1. The SMILES string of the molecule is CC(=O)O[C@@]12CCc3cc(c(O)c(OC4CCCC4)c3)CN3C(=O)C[C@H](CCNC(N)=NCSSCCCCC[C@@H](CC1)[C@H](O)C2)[C@@H]3CCC(C)C. The third-order valence-electron chi connectivity index (χ3n) is 11.7. The average Bonchev–Trinajstić information content (AvgIpc) is 3.71. The second-order valence-electron chi connectivity index (χ2n) is 16.2. The molecule has 5 aliphatic rings. The van der Waals surface area contributed by atoms with Gasteiger partial charge >= 0.3 is 5.97 Å². The number of benzene rings is 1. The molecule has 5 atom stereocenters. The largest absolute Gasteiger partial charge is 0.504 e. The minimum absolute atomic E-state index is 0.0477. The number of hydrogen-bond acceptors (Lipinski definition) is 11. The number of carbonyl (C=O) groups excluding carboxylic acids is 2. The summed E-state index contributed by atoms with van der Waals surface area (Å²) in [7, 11) is 3.53.